The summed E-state index contributed by atoms with van der Waals surface area (Å²) in [6, 6.07) is -5.48. The molecule has 5 unspecified atom stereocenters. The van der Waals surface area contributed by atoms with E-state index in [0.717, 1.165) is 0 Å². The fourth-order valence-electron chi connectivity index (χ4n) is 4.99. The Morgan fingerprint density at radius 2 is 1.50 bits per heavy atom. The van der Waals surface area contributed by atoms with E-state index in [-0.39, 0.29) is 37.3 Å². The van der Waals surface area contributed by atoms with Gasteiger partial charge in [-0.15, -0.1) is 0 Å². The number of nitrogens with zero attached hydrogens (tertiary/aromatic N) is 3. The highest BCUT2D eigenvalue weighted by molar-refractivity contribution is 5.96. The zero-order chi connectivity index (χ0) is 36.7. The van der Waals surface area contributed by atoms with Gasteiger partial charge in [0.2, 0.25) is 35.4 Å². The zero-order valence-corrected chi connectivity index (χ0v) is 28.8. The van der Waals surface area contributed by atoms with Crippen molar-refractivity contribution in [1.29, 1.82) is 0 Å². The van der Waals surface area contributed by atoms with Crippen molar-refractivity contribution in [2.24, 2.45) is 17.6 Å². The number of nitrogens with two attached hydrogens (primary N) is 1. The standard InChI is InChI=1S/C31H52N8O9/c1-8-9-38(20(7)41)14-25(42)34-22(10-17(2)3)29(46)35-23(12-21-13-33-16-39(21)18(4)5)30(47)36-24(15-40)31(48)37-27(28(32)45)19(6)11-26(43)44/h13,16-19,22-24,27,40H,8-12,14-15H2,1-7H3,(H2,32,45)(H,34,42)(H,35,46)(H,36,47)(H,37,48)(H,43,44). The maximum absolute atomic E-state index is 13.7. The number of primary amides is 1. The molecule has 0 aliphatic heterocycles. The first kappa shape index (κ1) is 41.5. The minimum absolute atomic E-state index is 0.0561. The first-order valence-electron chi connectivity index (χ1n) is 16.0. The first-order chi connectivity index (χ1) is 22.4. The van der Waals surface area contributed by atoms with Gasteiger partial charge in [-0.05, 0) is 38.5 Å². The van der Waals surface area contributed by atoms with Gasteiger partial charge >= 0.3 is 5.97 Å². The van der Waals surface area contributed by atoms with E-state index in [1.54, 1.807) is 10.9 Å². The second kappa shape index (κ2) is 20.0. The van der Waals surface area contributed by atoms with Crippen LogP contribution in [0.4, 0.5) is 0 Å². The molecule has 1 heterocycles. The summed E-state index contributed by atoms with van der Waals surface area (Å²) in [5, 5.41) is 29.1. The second-order valence-corrected chi connectivity index (χ2v) is 12.5. The molecule has 17 nitrogen and oxygen atoms in total. The highest BCUT2D eigenvalue weighted by Gasteiger charge is 2.33. The average molecular weight is 681 g/mol. The molecule has 17 heteroatoms. The van der Waals surface area contributed by atoms with Crippen molar-refractivity contribution < 1.29 is 43.8 Å². The molecule has 0 fully saturated rings. The molecule has 8 N–H and O–H groups in total. The van der Waals surface area contributed by atoms with Crippen LogP contribution in [0.3, 0.4) is 0 Å². The molecule has 5 atom stereocenters. The number of aliphatic carboxylic acids is 1. The van der Waals surface area contributed by atoms with Gasteiger partial charge in [-0.1, -0.05) is 27.7 Å². The molecular weight excluding hydrogens is 628 g/mol. The largest absolute Gasteiger partial charge is 0.481 e. The number of aliphatic hydroxyl groups excluding tert-OH is 1. The third kappa shape index (κ3) is 13.7. The van der Waals surface area contributed by atoms with Crippen molar-refractivity contribution in [2.75, 3.05) is 19.7 Å². The Hall–Kier alpha value is -4.54. The SMILES string of the molecule is CCCN(CC(=O)NC(CC(C)C)C(=O)NC(Cc1cncn1C(C)C)C(=O)NC(CO)C(=O)NC(C(N)=O)C(C)CC(=O)O)C(C)=O. The molecule has 1 aromatic rings. The van der Waals surface area contributed by atoms with Gasteiger partial charge < -0.3 is 46.7 Å². The summed E-state index contributed by atoms with van der Waals surface area (Å²) in [5.41, 5.74) is 5.94. The van der Waals surface area contributed by atoms with Gasteiger partial charge in [0.05, 0.1) is 25.9 Å². The lowest BCUT2D eigenvalue weighted by Gasteiger charge is -2.28. The number of aliphatic hydroxyl groups is 1. The molecule has 1 aromatic heterocycles. The summed E-state index contributed by atoms with van der Waals surface area (Å²) < 4.78 is 1.78. The number of hydrogen-bond acceptors (Lipinski definition) is 9. The number of rotatable bonds is 21. The second-order valence-electron chi connectivity index (χ2n) is 12.5. The topological polar surface area (TPSA) is 255 Å². The van der Waals surface area contributed by atoms with E-state index >= 15 is 0 Å². The Bertz CT molecular complexity index is 1280. The van der Waals surface area contributed by atoms with Crippen LogP contribution in [-0.4, -0.2) is 110 Å². The monoisotopic (exact) mass is 680 g/mol. The molecule has 0 aliphatic rings. The van der Waals surface area contributed by atoms with Crippen molar-refractivity contribution >= 4 is 41.4 Å². The highest BCUT2D eigenvalue weighted by Crippen LogP contribution is 2.13. The van der Waals surface area contributed by atoms with Gasteiger partial charge in [0.25, 0.3) is 0 Å². The number of carbonyl (C=O) groups excluding carboxylic acids is 6. The van der Waals surface area contributed by atoms with Crippen LogP contribution < -0.4 is 27.0 Å². The number of hydrogen-bond donors (Lipinski definition) is 7. The molecule has 0 bridgehead atoms. The molecule has 0 saturated heterocycles. The van der Waals surface area contributed by atoms with Crippen LogP contribution in [0.2, 0.25) is 0 Å². The summed E-state index contributed by atoms with van der Waals surface area (Å²) in [6.45, 7) is 11.3. The van der Waals surface area contributed by atoms with Gasteiger partial charge in [0.15, 0.2) is 0 Å². The molecule has 270 valence electrons. The summed E-state index contributed by atoms with van der Waals surface area (Å²) >= 11 is 0. The molecule has 6 amide bonds. The van der Waals surface area contributed by atoms with E-state index in [9.17, 15) is 38.7 Å². The molecule has 0 radical (unpaired) electrons. The Morgan fingerprint density at radius 3 is 2.00 bits per heavy atom. The molecular formula is C31H52N8O9. The summed E-state index contributed by atoms with van der Waals surface area (Å²) in [6.07, 6.45) is 3.33. The Morgan fingerprint density at radius 1 is 0.917 bits per heavy atom. The quantitative estimate of drug-likeness (QED) is 0.0820. The summed E-state index contributed by atoms with van der Waals surface area (Å²) in [4.78, 5) is 93.9. The van der Waals surface area contributed by atoms with Crippen LogP contribution in [0.15, 0.2) is 12.5 Å². The van der Waals surface area contributed by atoms with Crippen molar-refractivity contribution in [3.05, 3.63) is 18.2 Å². The smallest absolute Gasteiger partial charge is 0.303 e. The number of aromatic nitrogens is 2. The van der Waals surface area contributed by atoms with E-state index in [1.807, 2.05) is 34.6 Å². The fourth-order valence-corrected chi connectivity index (χ4v) is 4.99. The van der Waals surface area contributed by atoms with E-state index in [0.29, 0.717) is 18.7 Å². The minimum atomic E-state index is -1.60. The molecule has 0 aromatic carbocycles. The third-order valence-electron chi connectivity index (χ3n) is 7.47. The number of carboxylic acids is 1. The number of imidazole rings is 1. The van der Waals surface area contributed by atoms with Crippen molar-refractivity contribution in [1.82, 2.24) is 35.7 Å². The lowest BCUT2D eigenvalue weighted by Crippen LogP contribution is -2.60. The van der Waals surface area contributed by atoms with Crippen LogP contribution in [0.25, 0.3) is 0 Å². The molecule has 0 spiro atoms. The Balaban J connectivity index is 3.32. The van der Waals surface area contributed by atoms with E-state index < -0.39 is 78.6 Å². The summed E-state index contributed by atoms with van der Waals surface area (Å²) in [5.74, 6) is -6.61. The maximum atomic E-state index is 13.7. The van der Waals surface area contributed by atoms with Crippen LogP contribution in [0, 0.1) is 11.8 Å². The van der Waals surface area contributed by atoms with Crippen molar-refractivity contribution in [2.45, 2.75) is 104 Å². The average Bonchev–Trinajstić information content (AvgIpc) is 3.45. The lowest BCUT2D eigenvalue weighted by atomic mass is 9.97. The predicted octanol–water partition coefficient (Wildman–Crippen LogP) is -1.16. The number of carboxylic acid groups (broad SMARTS) is 1. The van der Waals surface area contributed by atoms with Crippen LogP contribution >= 0.6 is 0 Å². The Kier molecular flexibility index (Phi) is 17.3. The van der Waals surface area contributed by atoms with E-state index in [4.69, 9.17) is 10.8 Å². The van der Waals surface area contributed by atoms with E-state index in [2.05, 4.69) is 26.3 Å². The fraction of sp³-hybridized carbons (Fsp3) is 0.677. The van der Waals surface area contributed by atoms with Gasteiger partial charge in [0, 0.05) is 37.8 Å². The van der Waals surface area contributed by atoms with Gasteiger partial charge in [-0.25, -0.2) is 4.98 Å². The van der Waals surface area contributed by atoms with Crippen LogP contribution in [0.1, 0.15) is 79.5 Å². The number of nitrogens with one attached hydrogen (secondary N) is 4. The molecule has 1 rings (SSSR count). The van der Waals surface area contributed by atoms with Gasteiger partial charge in [0.1, 0.15) is 24.2 Å². The molecule has 0 saturated carbocycles. The zero-order valence-electron chi connectivity index (χ0n) is 28.8. The van der Waals surface area contributed by atoms with Crippen LogP contribution in [-0.2, 0) is 40.0 Å². The van der Waals surface area contributed by atoms with Crippen molar-refractivity contribution in [3.8, 4) is 0 Å². The third-order valence-corrected chi connectivity index (χ3v) is 7.47. The van der Waals surface area contributed by atoms with Gasteiger partial charge in [-0.3, -0.25) is 33.6 Å². The van der Waals surface area contributed by atoms with Crippen molar-refractivity contribution in [3.63, 3.8) is 0 Å². The highest BCUT2D eigenvalue weighted by atomic mass is 16.4. The normalized spacial score (nSPS) is 14.3. The molecule has 48 heavy (non-hydrogen) atoms. The predicted molar refractivity (Wildman–Crippen MR) is 174 cm³/mol. The molecule has 0 aliphatic carbocycles. The van der Waals surface area contributed by atoms with E-state index in [1.165, 1.54) is 24.9 Å². The Labute approximate surface area is 280 Å². The summed E-state index contributed by atoms with van der Waals surface area (Å²) in [7, 11) is 0. The number of carbonyl (C=O) groups is 7. The van der Waals surface area contributed by atoms with Gasteiger partial charge in [-0.2, -0.15) is 0 Å². The minimum Gasteiger partial charge on any atom is -0.481 e. The maximum Gasteiger partial charge on any atom is 0.303 e. The lowest BCUT2D eigenvalue weighted by molar-refractivity contribution is -0.139. The first-order valence-corrected chi connectivity index (χ1v) is 16.0. The van der Waals surface area contributed by atoms with Crippen LogP contribution in [0.5, 0.6) is 0 Å². The number of amides is 6.